The van der Waals surface area contributed by atoms with Crippen LogP contribution in [0.2, 0.25) is 5.02 Å². The molecule has 1 unspecified atom stereocenters. The number of hydrogen-bond acceptors (Lipinski definition) is 5. The average molecular weight is 409 g/mol. The van der Waals surface area contributed by atoms with Crippen LogP contribution in [-0.2, 0) is 11.2 Å². The van der Waals surface area contributed by atoms with Crippen molar-refractivity contribution in [2.75, 3.05) is 18.5 Å². The van der Waals surface area contributed by atoms with Crippen molar-refractivity contribution in [3.63, 3.8) is 0 Å². The zero-order valence-electron chi connectivity index (χ0n) is 15.6. The number of aromatic hydroxyl groups is 1. The molecule has 1 aliphatic rings. The van der Waals surface area contributed by atoms with Gasteiger partial charge in [-0.05, 0) is 44.0 Å². The number of amides is 1. The molecule has 2 aromatic rings. The summed E-state index contributed by atoms with van der Waals surface area (Å²) in [7, 11) is 0. The molecule has 150 valence electrons. The molecule has 1 aliphatic heterocycles. The molecule has 0 bridgehead atoms. The highest BCUT2D eigenvalue weighted by molar-refractivity contribution is 6.30. The second-order valence-electron chi connectivity index (χ2n) is 7.45. The van der Waals surface area contributed by atoms with Crippen LogP contribution in [0.1, 0.15) is 31.1 Å². The minimum atomic E-state index is -0.980. The van der Waals surface area contributed by atoms with Crippen LogP contribution in [0.15, 0.2) is 30.3 Å². The zero-order chi connectivity index (χ0) is 20.5. The van der Waals surface area contributed by atoms with E-state index in [0.717, 1.165) is 5.56 Å². The van der Waals surface area contributed by atoms with Crippen molar-refractivity contribution in [3.05, 3.63) is 52.3 Å². The fraction of sp³-hybridized carbons (Fsp3) is 0.350. The van der Waals surface area contributed by atoms with Gasteiger partial charge in [-0.2, -0.15) is 0 Å². The maximum absolute atomic E-state index is 13.3. The van der Waals surface area contributed by atoms with Gasteiger partial charge < -0.3 is 25.6 Å². The number of anilines is 1. The van der Waals surface area contributed by atoms with E-state index in [-0.39, 0.29) is 29.8 Å². The number of benzene rings is 2. The van der Waals surface area contributed by atoms with Crippen molar-refractivity contribution in [3.8, 4) is 11.5 Å². The monoisotopic (exact) mass is 408 g/mol. The van der Waals surface area contributed by atoms with E-state index in [1.54, 1.807) is 12.1 Å². The number of carbonyl (C=O) groups is 1. The quantitative estimate of drug-likeness (QED) is 0.589. The van der Waals surface area contributed by atoms with Gasteiger partial charge in [0.15, 0.2) is 6.61 Å². The zero-order valence-corrected chi connectivity index (χ0v) is 16.3. The van der Waals surface area contributed by atoms with Crippen LogP contribution in [0.25, 0.3) is 0 Å². The number of hydrogen-bond donors (Lipinski definition) is 4. The largest absolute Gasteiger partial charge is 0.508 e. The minimum Gasteiger partial charge on any atom is -0.508 e. The van der Waals surface area contributed by atoms with E-state index >= 15 is 0 Å². The van der Waals surface area contributed by atoms with Gasteiger partial charge in [-0.3, -0.25) is 4.79 Å². The fourth-order valence-electron chi connectivity index (χ4n) is 3.17. The Kier molecular flexibility index (Phi) is 5.79. The molecular formula is C20H22ClFN2O4. The van der Waals surface area contributed by atoms with Gasteiger partial charge in [0.1, 0.15) is 17.3 Å². The summed E-state index contributed by atoms with van der Waals surface area (Å²) in [5, 5.41) is 26.5. The van der Waals surface area contributed by atoms with Crippen LogP contribution in [0, 0.1) is 5.82 Å². The molecule has 4 N–H and O–H groups in total. The predicted molar refractivity (Wildman–Crippen MR) is 104 cm³/mol. The summed E-state index contributed by atoms with van der Waals surface area (Å²) in [6, 6.07) is 7.36. The highest BCUT2D eigenvalue weighted by atomic mass is 35.5. The lowest BCUT2D eigenvalue weighted by Crippen LogP contribution is -2.43. The number of carbonyl (C=O) groups excluding carboxylic acids is 1. The predicted octanol–water partition coefficient (Wildman–Crippen LogP) is 3.16. The first kappa shape index (κ1) is 20.4. The number of phenols is 1. The summed E-state index contributed by atoms with van der Waals surface area (Å²) in [6.07, 6.45) is -0.420. The summed E-state index contributed by atoms with van der Waals surface area (Å²) in [5.41, 5.74) is 1.14. The van der Waals surface area contributed by atoms with Gasteiger partial charge in [0.05, 0.1) is 16.8 Å². The lowest BCUT2D eigenvalue weighted by Gasteiger charge is -2.29. The van der Waals surface area contributed by atoms with E-state index in [9.17, 15) is 19.4 Å². The van der Waals surface area contributed by atoms with Crippen LogP contribution in [0.3, 0.4) is 0 Å². The molecule has 0 spiro atoms. The Labute approximate surface area is 167 Å². The highest BCUT2D eigenvalue weighted by Gasteiger charge is 2.26. The van der Waals surface area contributed by atoms with Crippen molar-refractivity contribution < 1.29 is 24.1 Å². The highest BCUT2D eigenvalue weighted by Crippen LogP contribution is 2.38. The maximum Gasteiger partial charge on any atom is 0.262 e. The molecule has 8 heteroatoms. The number of halogens is 2. The van der Waals surface area contributed by atoms with E-state index < -0.39 is 17.5 Å². The minimum absolute atomic E-state index is 0.0684. The Bertz CT molecular complexity index is 904. The molecule has 1 amide bonds. The first-order valence-electron chi connectivity index (χ1n) is 8.81. The first-order valence-corrected chi connectivity index (χ1v) is 9.19. The molecule has 6 nitrogen and oxygen atoms in total. The van der Waals surface area contributed by atoms with Crippen molar-refractivity contribution in [2.45, 2.75) is 31.9 Å². The molecular weight excluding hydrogens is 387 g/mol. The number of aliphatic hydroxyl groups is 1. The molecule has 0 saturated heterocycles. The van der Waals surface area contributed by atoms with E-state index in [4.69, 9.17) is 16.3 Å². The topological polar surface area (TPSA) is 90.8 Å². The number of nitrogens with one attached hydrogen (secondary N) is 2. The standard InChI is InChI=1S/C20H22ClFN2O4/c1-20(2,8-11-3-4-15(22)14(21)5-11)23-9-17(26)13-6-12(25)7-16-19(13)28-10-18(27)24-16/h3-7,17,23,25-26H,8-10H2,1-2H3,(H,24,27). The van der Waals surface area contributed by atoms with Gasteiger partial charge in [0.25, 0.3) is 5.91 Å². The molecule has 28 heavy (non-hydrogen) atoms. The Hall–Kier alpha value is -2.35. The molecule has 3 rings (SSSR count). The third-order valence-electron chi connectivity index (χ3n) is 4.49. The van der Waals surface area contributed by atoms with Gasteiger partial charge >= 0.3 is 0 Å². The second-order valence-corrected chi connectivity index (χ2v) is 7.86. The molecule has 1 heterocycles. The van der Waals surface area contributed by atoms with E-state index in [1.807, 2.05) is 13.8 Å². The average Bonchev–Trinajstić information content (AvgIpc) is 2.61. The fourth-order valence-corrected chi connectivity index (χ4v) is 3.37. The first-order chi connectivity index (χ1) is 13.1. The summed E-state index contributed by atoms with van der Waals surface area (Å²) in [4.78, 5) is 11.5. The molecule has 2 aromatic carbocycles. The number of rotatable bonds is 6. The lowest BCUT2D eigenvalue weighted by molar-refractivity contribution is -0.118. The van der Waals surface area contributed by atoms with Gasteiger partial charge in [0, 0.05) is 23.7 Å². The summed E-state index contributed by atoms with van der Waals surface area (Å²) >= 11 is 5.84. The molecule has 0 saturated carbocycles. The van der Waals surface area contributed by atoms with Crippen LogP contribution >= 0.6 is 11.6 Å². The molecule has 0 aliphatic carbocycles. The summed E-state index contributed by atoms with van der Waals surface area (Å²) < 4.78 is 18.8. The molecule has 1 atom stereocenters. The Morgan fingerprint density at radius 1 is 1.36 bits per heavy atom. The smallest absolute Gasteiger partial charge is 0.262 e. The Morgan fingerprint density at radius 2 is 2.11 bits per heavy atom. The number of ether oxygens (including phenoxy) is 1. The van der Waals surface area contributed by atoms with Gasteiger partial charge in [-0.15, -0.1) is 0 Å². The number of β-amino-alcohol motifs (C(OH)–C–C–N with tert-alkyl or cyclic N) is 1. The Morgan fingerprint density at radius 3 is 2.82 bits per heavy atom. The number of fused-ring (bicyclic) bond motifs is 1. The van der Waals surface area contributed by atoms with E-state index in [0.29, 0.717) is 23.4 Å². The molecule has 0 aromatic heterocycles. The van der Waals surface area contributed by atoms with Gasteiger partial charge in [0.2, 0.25) is 0 Å². The van der Waals surface area contributed by atoms with Crippen LogP contribution < -0.4 is 15.4 Å². The number of aliphatic hydroxyl groups excluding tert-OH is 1. The van der Waals surface area contributed by atoms with Crippen molar-refractivity contribution in [2.24, 2.45) is 0 Å². The van der Waals surface area contributed by atoms with E-state index in [2.05, 4.69) is 10.6 Å². The lowest BCUT2D eigenvalue weighted by atomic mass is 9.94. The van der Waals surface area contributed by atoms with Crippen molar-refractivity contribution >= 4 is 23.2 Å². The van der Waals surface area contributed by atoms with E-state index in [1.165, 1.54) is 18.2 Å². The SMILES string of the molecule is CC(C)(Cc1ccc(F)c(Cl)c1)NCC(O)c1cc(O)cc2c1OCC(=O)N2. The normalized spacial score (nSPS) is 14.8. The second kappa shape index (κ2) is 7.95. The summed E-state index contributed by atoms with van der Waals surface area (Å²) in [5.74, 6) is -0.531. The summed E-state index contributed by atoms with van der Waals surface area (Å²) in [6.45, 7) is 3.92. The van der Waals surface area contributed by atoms with Crippen LogP contribution in [0.4, 0.5) is 10.1 Å². The van der Waals surface area contributed by atoms with Gasteiger partial charge in [-0.25, -0.2) is 4.39 Å². The van der Waals surface area contributed by atoms with Crippen molar-refractivity contribution in [1.29, 1.82) is 0 Å². The van der Waals surface area contributed by atoms with Gasteiger partial charge in [-0.1, -0.05) is 17.7 Å². The molecule has 0 fully saturated rings. The number of phenolic OH excluding ortho intramolecular Hbond substituents is 1. The van der Waals surface area contributed by atoms with Crippen LogP contribution in [-0.4, -0.2) is 34.8 Å². The van der Waals surface area contributed by atoms with Crippen molar-refractivity contribution in [1.82, 2.24) is 5.32 Å². The maximum atomic E-state index is 13.3. The third-order valence-corrected chi connectivity index (χ3v) is 4.78. The molecule has 0 radical (unpaired) electrons. The van der Waals surface area contributed by atoms with Crippen LogP contribution in [0.5, 0.6) is 11.5 Å². The third kappa shape index (κ3) is 4.73. The Balaban J connectivity index is 1.70.